The molecule has 4 aromatic rings. The largest absolute Gasteiger partial charge is 0.439 e. The third kappa shape index (κ3) is 4.76. The molecule has 10 nitrogen and oxygen atoms in total. The van der Waals surface area contributed by atoms with E-state index in [0.29, 0.717) is 40.7 Å². The number of imidazole rings is 1. The number of fused-ring (bicyclic) bond motifs is 1. The Hall–Kier alpha value is -4.86. The molecule has 0 saturated heterocycles. The molecule has 0 bridgehead atoms. The summed E-state index contributed by atoms with van der Waals surface area (Å²) in [6, 6.07) is 15.3. The maximum absolute atomic E-state index is 12.4. The Morgan fingerprint density at radius 3 is 2.40 bits per heavy atom. The summed E-state index contributed by atoms with van der Waals surface area (Å²) in [5.74, 6) is 0.691. The van der Waals surface area contributed by atoms with Gasteiger partial charge in [0.2, 0.25) is 11.8 Å². The molecular formula is C25H20N6O4. The highest BCUT2D eigenvalue weighted by molar-refractivity contribution is 6.21. The van der Waals surface area contributed by atoms with Gasteiger partial charge in [-0.15, -0.1) is 0 Å². The lowest BCUT2D eigenvalue weighted by molar-refractivity contribution is -0.116. The Morgan fingerprint density at radius 2 is 1.71 bits per heavy atom. The van der Waals surface area contributed by atoms with Crippen LogP contribution in [0, 0.1) is 0 Å². The highest BCUT2D eigenvalue weighted by Crippen LogP contribution is 2.24. The summed E-state index contributed by atoms with van der Waals surface area (Å²) in [6.07, 6.45) is 6.99. The van der Waals surface area contributed by atoms with Crippen LogP contribution in [0.3, 0.4) is 0 Å². The van der Waals surface area contributed by atoms with E-state index in [-0.39, 0.29) is 30.7 Å². The van der Waals surface area contributed by atoms with Crippen molar-refractivity contribution in [3.05, 3.63) is 90.8 Å². The minimum atomic E-state index is -0.317. The number of hydrogen-bond acceptors (Lipinski definition) is 7. The van der Waals surface area contributed by atoms with Gasteiger partial charge in [-0.25, -0.2) is 15.0 Å². The van der Waals surface area contributed by atoms with E-state index in [9.17, 15) is 14.4 Å². The van der Waals surface area contributed by atoms with Crippen LogP contribution in [0.4, 0.5) is 5.69 Å². The van der Waals surface area contributed by atoms with Crippen LogP contribution in [-0.4, -0.2) is 48.7 Å². The number of ether oxygens (including phenoxy) is 1. The summed E-state index contributed by atoms with van der Waals surface area (Å²) >= 11 is 0. The normalized spacial score (nSPS) is 12.5. The summed E-state index contributed by atoms with van der Waals surface area (Å²) in [6.45, 7) is 0.187. The van der Waals surface area contributed by atoms with Crippen LogP contribution in [-0.2, 0) is 4.79 Å². The Bertz CT molecular complexity index is 1350. The Labute approximate surface area is 200 Å². The van der Waals surface area contributed by atoms with Gasteiger partial charge in [0.1, 0.15) is 24.2 Å². The van der Waals surface area contributed by atoms with Crippen molar-refractivity contribution < 1.29 is 19.1 Å². The van der Waals surface area contributed by atoms with Crippen molar-refractivity contribution >= 4 is 23.4 Å². The van der Waals surface area contributed by atoms with Crippen molar-refractivity contribution in [2.45, 2.75) is 12.8 Å². The lowest BCUT2D eigenvalue weighted by atomic mass is 10.1. The predicted molar refractivity (Wildman–Crippen MR) is 125 cm³/mol. The lowest BCUT2D eigenvalue weighted by Crippen LogP contribution is -2.31. The number of amides is 3. The first-order valence-electron chi connectivity index (χ1n) is 10.9. The molecule has 0 aliphatic carbocycles. The minimum absolute atomic E-state index is 0.170. The molecule has 1 aliphatic heterocycles. The third-order valence-corrected chi connectivity index (χ3v) is 5.42. The number of carbonyl (C=O) groups excluding carboxylic acids is 3. The fourth-order valence-electron chi connectivity index (χ4n) is 3.71. The second kappa shape index (κ2) is 9.56. The molecule has 0 saturated carbocycles. The molecule has 1 aliphatic rings. The molecule has 3 amide bonds. The van der Waals surface area contributed by atoms with Crippen molar-refractivity contribution in [2.75, 3.05) is 11.9 Å². The van der Waals surface area contributed by atoms with Crippen LogP contribution in [0.2, 0.25) is 0 Å². The summed E-state index contributed by atoms with van der Waals surface area (Å²) < 4.78 is 7.52. The number of aromatic nitrogens is 4. The smallest absolute Gasteiger partial charge is 0.261 e. The number of benzene rings is 2. The van der Waals surface area contributed by atoms with Gasteiger partial charge in [0, 0.05) is 37.1 Å². The Balaban J connectivity index is 1.11. The molecule has 0 fully saturated rings. The second-order valence-electron chi connectivity index (χ2n) is 7.77. The van der Waals surface area contributed by atoms with E-state index in [0.717, 1.165) is 0 Å². The number of imide groups is 1. The number of hydrogen-bond donors (Lipinski definition) is 1. The number of anilines is 1. The molecule has 0 spiro atoms. The highest BCUT2D eigenvalue weighted by Gasteiger charge is 2.34. The zero-order valence-corrected chi connectivity index (χ0v) is 18.5. The van der Waals surface area contributed by atoms with Crippen LogP contribution < -0.4 is 10.1 Å². The molecule has 1 N–H and O–H groups in total. The topological polar surface area (TPSA) is 119 Å². The lowest BCUT2D eigenvalue weighted by Gasteiger charge is -2.13. The van der Waals surface area contributed by atoms with E-state index in [2.05, 4.69) is 20.3 Å². The van der Waals surface area contributed by atoms with Crippen LogP contribution in [0.15, 0.2) is 79.6 Å². The first-order chi connectivity index (χ1) is 17.1. The van der Waals surface area contributed by atoms with Gasteiger partial charge >= 0.3 is 0 Å². The first-order valence-corrected chi connectivity index (χ1v) is 10.9. The first kappa shape index (κ1) is 22.0. The van der Waals surface area contributed by atoms with E-state index in [4.69, 9.17) is 4.74 Å². The molecule has 0 radical (unpaired) electrons. The molecule has 2 aromatic carbocycles. The third-order valence-electron chi connectivity index (χ3n) is 5.42. The standard InChI is InChI=1S/C25H20N6O4/c32-22(6-3-12-31-24(33)19-4-1-2-5-20(19)25(31)34)29-17-7-9-18(10-8-17)35-23-14-21(27-15-28-23)30-13-11-26-16-30/h1-2,4-5,7-11,13-16H,3,6,12H2,(H,29,32). The summed E-state index contributed by atoms with van der Waals surface area (Å²) in [5.41, 5.74) is 1.42. The average Bonchev–Trinajstić information content (AvgIpc) is 3.50. The van der Waals surface area contributed by atoms with Gasteiger partial charge < -0.3 is 10.1 Å². The minimum Gasteiger partial charge on any atom is -0.439 e. The van der Waals surface area contributed by atoms with Gasteiger partial charge in [0.05, 0.1) is 11.1 Å². The van der Waals surface area contributed by atoms with Crippen LogP contribution in [0.1, 0.15) is 33.6 Å². The summed E-state index contributed by atoms with van der Waals surface area (Å²) in [4.78, 5) is 50.6. The van der Waals surface area contributed by atoms with Gasteiger partial charge in [0.15, 0.2) is 0 Å². The van der Waals surface area contributed by atoms with Gasteiger partial charge in [-0.05, 0) is 42.8 Å². The SMILES string of the molecule is O=C(CCCN1C(=O)c2ccccc2C1=O)Nc1ccc(Oc2cc(-n3ccnc3)ncn2)cc1. The van der Waals surface area contributed by atoms with E-state index >= 15 is 0 Å². The summed E-state index contributed by atoms with van der Waals surface area (Å²) in [5, 5.41) is 2.81. The summed E-state index contributed by atoms with van der Waals surface area (Å²) in [7, 11) is 0. The van der Waals surface area contributed by atoms with E-state index in [1.165, 1.54) is 11.2 Å². The monoisotopic (exact) mass is 468 g/mol. The van der Waals surface area contributed by atoms with Gasteiger partial charge in [-0.1, -0.05) is 12.1 Å². The highest BCUT2D eigenvalue weighted by atomic mass is 16.5. The second-order valence-corrected chi connectivity index (χ2v) is 7.77. The Kier molecular flexibility index (Phi) is 6.00. The molecular weight excluding hydrogens is 448 g/mol. The van der Waals surface area contributed by atoms with Crippen molar-refractivity contribution in [1.82, 2.24) is 24.4 Å². The van der Waals surface area contributed by atoms with Crippen LogP contribution in [0.5, 0.6) is 11.6 Å². The molecule has 0 unspecified atom stereocenters. The van der Waals surface area contributed by atoms with Crippen molar-refractivity contribution in [3.8, 4) is 17.4 Å². The maximum Gasteiger partial charge on any atom is 0.261 e. The maximum atomic E-state index is 12.4. The Morgan fingerprint density at radius 1 is 0.971 bits per heavy atom. The zero-order chi connectivity index (χ0) is 24.2. The number of nitrogens with one attached hydrogen (secondary N) is 1. The molecule has 3 heterocycles. The van der Waals surface area contributed by atoms with Crippen LogP contribution >= 0.6 is 0 Å². The van der Waals surface area contributed by atoms with Crippen LogP contribution in [0.25, 0.3) is 5.82 Å². The number of rotatable bonds is 8. The van der Waals surface area contributed by atoms with Gasteiger partial charge in [-0.3, -0.25) is 23.9 Å². The van der Waals surface area contributed by atoms with Crippen molar-refractivity contribution in [2.24, 2.45) is 0 Å². The molecule has 0 atom stereocenters. The molecule has 2 aromatic heterocycles. The fourth-order valence-corrected chi connectivity index (χ4v) is 3.71. The quantitative estimate of drug-likeness (QED) is 0.393. The fraction of sp³-hybridized carbons (Fsp3) is 0.120. The van der Waals surface area contributed by atoms with E-state index in [1.807, 2.05) is 0 Å². The van der Waals surface area contributed by atoms with E-state index in [1.54, 1.807) is 77.9 Å². The van der Waals surface area contributed by atoms with Crippen molar-refractivity contribution in [1.29, 1.82) is 0 Å². The van der Waals surface area contributed by atoms with Gasteiger partial charge in [-0.2, -0.15) is 0 Å². The van der Waals surface area contributed by atoms with E-state index < -0.39 is 0 Å². The molecule has 5 rings (SSSR count). The molecule has 174 valence electrons. The number of carbonyl (C=O) groups is 3. The van der Waals surface area contributed by atoms with Crippen molar-refractivity contribution in [3.63, 3.8) is 0 Å². The molecule has 10 heteroatoms. The zero-order valence-electron chi connectivity index (χ0n) is 18.5. The average molecular weight is 468 g/mol. The molecule has 35 heavy (non-hydrogen) atoms. The van der Waals surface area contributed by atoms with Gasteiger partial charge in [0.25, 0.3) is 11.8 Å². The number of nitrogens with zero attached hydrogens (tertiary/aromatic N) is 5. The predicted octanol–water partition coefficient (Wildman–Crippen LogP) is 3.47.